The number of hydrogen-bond donors (Lipinski definition) is 0. The van der Waals surface area contributed by atoms with E-state index in [-0.39, 0.29) is 0 Å². The highest BCUT2D eigenvalue weighted by atomic mass is 16.6. The summed E-state index contributed by atoms with van der Waals surface area (Å²) in [5.41, 5.74) is 0. The third kappa shape index (κ3) is 1.41. The van der Waals surface area contributed by atoms with Gasteiger partial charge in [-0.2, -0.15) is 0 Å². The number of piperidine rings is 1. The summed E-state index contributed by atoms with van der Waals surface area (Å²) in [6.07, 6.45) is 4.19. The molecule has 2 heterocycles. The van der Waals surface area contributed by atoms with Crippen LogP contribution in [0.2, 0.25) is 0 Å². The molecule has 3 atom stereocenters. The zero-order valence-corrected chi connectivity index (χ0v) is 7.40. The second-order valence-electron chi connectivity index (χ2n) is 3.63. The standard InChI is InChI=1S/C8H14BNO2/c1-2-6-3-7-8(12-7)4-10(6)9-5-11/h5-9H,2-4H2,1H3/t6-,7+,8-/m1/s1. The Morgan fingerprint density at radius 2 is 2.50 bits per heavy atom. The lowest BCUT2D eigenvalue weighted by Gasteiger charge is -2.31. The van der Waals surface area contributed by atoms with Gasteiger partial charge in [0.25, 0.3) is 7.41 Å². The highest BCUT2D eigenvalue weighted by Gasteiger charge is 2.46. The number of carbonyl (C=O) groups excluding carboxylic acids is 1. The van der Waals surface area contributed by atoms with Crippen molar-refractivity contribution in [2.75, 3.05) is 6.54 Å². The van der Waals surface area contributed by atoms with Crippen LogP contribution in [-0.4, -0.2) is 43.2 Å². The Bertz CT molecular complexity index is 188. The summed E-state index contributed by atoms with van der Waals surface area (Å²) >= 11 is 0. The minimum atomic E-state index is 0.438. The number of ether oxygens (including phenoxy) is 1. The van der Waals surface area contributed by atoms with Gasteiger partial charge in [-0.15, -0.1) is 0 Å². The van der Waals surface area contributed by atoms with E-state index in [0.29, 0.717) is 25.7 Å². The van der Waals surface area contributed by atoms with Gasteiger partial charge in [-0.1, -0.05) is 6.92 Å². The van der Waals surface area contributed by atoms with Crippen molar-refractivity contribution in [3.05, 3.63) is 0 Å². The van der Waals surface area contributed by atoms with E-state index in [1.807, 2.05) is 0 Å². The van der Waals surface area contributed by atoms with E-state index < -0.39 is 0 Å². The van der Waals surface area contributed by atoms with E-state index in [1.165, 1.54) is 0 Å². The van der Waals surface area contributed by atoms with E-state index in [9.17, 15) is 4.79 Å². The molecule has 12 heavy (non-hydrogen) atoms. The summed E-state index contributed by atoms with van der Waals surface area (Å²) in [7, 11) is 0.574. The van der Waals surface area contributed by atoms with Crippen molar-refractivity contribution in [2.24, 2.45) is 0 Å². The average molecular weight is 167 g/mol. The summed E-state index contributed by atoms with van der Waals surface area (Å²) in [6, 6.07) is 0.568. The van der Waals surface area contributed by atoms with Crippen LogP contribution in [0.4, 0.5) is 0 Å². The van der Waals surface area contributed by atoms with Gasteiger partial charge in [0.2, 0.25) is 0 Å². The first kappa shape index (κ1) is 8.26. The molecule has 0 N–H and O–H groups in total. The predicted molar refractivity (Wildman–Crippen MR) is 48.0 cm³/mol. The van der Waals surface area contributed by atoms with Crippen LogP contribution in [0, 0.1) is 0 Å². The molecule has 0 amide bonds. The molecule has 0 aliphatic carbocycles. The fourth-order valence-electron chi connectivity index (χ4n) is 2.09. The smallest absolute Gasteiger partial charge is 0.281 e. The number of rotatable bonds is 3. The molecule has 2 saturated heterocycles. The molecule has 66 valence electrons. The van der Waals surface area contributed by atoms with Crippen LogP contribution in [0.15, 0.2) is 0 Å². The molecule has 4 heteroatoms. The molecule has 0 aromatic carbocycles. The van der Waals surface area contributed by atoms with Crippen molar-refractivity contribution in [2.45, 2.75) is 38.0 Å². The molecular formula is C8H14BNO2. The normalized spacial score (nSPS) is 40.2. The fourth-order valence-corrected chi connectivity index (χ4v) is 2.09. The first-order valence-electron chi connectivity index (χ1n) is 4.68. The van der Waals surface area contributed by atoms with Gasteiger partial charge in [-0.3, -0.25) is 0 Å². The largest absolute Gasteiger partial charge is 0.368 e. The zero-order chi connectivity index (χ0) is 8.55. The third-order valence-electron chi connectivity index (χ3n) is 2.90. The highest BCUT2D eigenvalue weighted by molar-refractivity contribution is 6.64. The highest BCUT2D eigenvalue weighted by Crippen LogP contribution is 2.34. The average Bonchev–Trinajstić information content (AvgIpc) is 2.81. The van der Waals surface area contributed by atoms with Gasteiger partial charge in [-0.25, -0.2) is 0 Å². The maximum atomic E-state index is 10.4. The van der Waals surface area contributed by atoms with Crippen molar-refractivity contribution < 1.29 is 9.53 Å². The molecule has 0 bridgehead atoms. The van der Waals surface area contributed by atoms with E-state index in [2.05, 4.69) is 11.7 Å². The number of hydrogen-bond acceptors (Lipinski definition) is 3. The first-order valence-corrected chi connectivity index (χ1v) is 4.68. The summed E-state index contributed by atoms with van der Waals surface area (Å²) < 4.78 is 5.43. The molecule has 0 aromatic heterocycles. The number of carbonyl (C=O) groups is 1. The van der Waals surface area contributed by atoms with Gasteiger partial charge in [-0.05, 0) is 12.8 Å². The molecule has 2 aliphatic rings. The van der Waals surface area contributed by atoms with Crippen LogP contribution >= 0.6 is 0 Å². The Morgan fingerprint density at radius 1 is 1.67 bits per heavy atom. The van der Waals surface area contributed by atoms with E-state index in [1.54, 1.807) is 0 Å². The van der Waals surface area contributed by atoms with Crippen molar-refractivity contribution in [1.29, 1.82) is 0 Å². The summed E-state index contributed by atoms with van der Waals surface area (Å²) in [5.74, 6) is 0. The Kier molecular flexibility index (Phi) is 2.19. The van der Waals surface area contributed by atoms with Crippen LogP contribution in [0.3, 0.4) is 0 Å². The summed E-state index contributed by atoms with van der Waals surface area (Å²) in [6.45, 7) is 3.13. The Balaban J connectivity index is 1.93. The Morgan fingerprint density at radius 3 is 3.17 bits per heavy atom. The number of fused-ring (bicyclic) bond motifs is 1. The van der Waals surface area contributed by atoms with Crippen molar-refractivity contribution in [3.8, 4) is 0 Å². The van der Waals surface area contributed by atoms with Gasteiger partial charge in [0, 0.05) is 12.6 Å². The molecule has 2 aliphatic heterocycles. The van der Waals surface area contributed by atoms with Crippen LogP contribution in [-0.2, 0) is 9.53 Å². The first-order chi connectivity index (χ1) is 5.85. The van der Waals surface area contributed by atoms with Gasteiger partial charge < -0.3 is 14.3 Å². The van der Waals surface area contributed by atoms with Gasteiger partial charge in [0.05, 0.1) is 18.4 Å². The summed E-state index contributed by atoms with van der Waals surface area (Å²) in [4.78, 5) is 12.6. The maximum absolute atomic E-state index is 10.4. The Labute approximate surface area is 73.3 Å². The van der Waals surface area contributed by atoms with Gasteiger partial charge in [0.1, 0.15) is 0 Å². The number of nitrogens with zero attached hydrogens (tertiary/aromatic N) is 1. The zero-order valence-electron chi connectivity index (χ0n) is 7.40. The van der Waals surface area contributed by atoms with E-state index in [4.69, 9.17) is 4.74 Å². The molecule has 0 radical (unpaired) electrons. The predicted octanol–water partition coefficient (Wildman–Crippen LogP) is -0.220. The second kappa shape index (κ2) is 3.19. The molecule has 2 fully saturated rings. The molecule has 0 saturated carbocycles. The van der Waals surface area contributed by atoms with E-state index >= 15 is 0 Å². The monoisotopic (exact) mass is 167 g/mol. The fraction of sp³-hybridized carbons (Fsp3) is 0.875. The molecule has 0 aromatic rings. The third-order valence-corrected chi connectivity index (χ3v) is 2.90. The van der Waals surface area contributed by atoms with Gasteiger partial charge >= 0.3 is 0 Å². The van der Waals surface area contributed by atoms with Crippen LogP contribution in [0.25, 0.3) is 0 Å². The lowest BCUT2D eigenvalue weighted by atomic mass is 9.86. The van der Waals surface area contributed by atoms with Crippen molar-refractivity contribution >= 4 is 13.6 Å². The van der Waals surface area contributed by atoms with Crippen LogP contribution < -0.4 is 0 Å². The maximum Gasteiger partial charge on any atom is 0.281 e. The molecule has 0 unspecified atom stereocenters. The van der Waals surface area contributed by atoms with Crippen molar-refractivity contribution in [3.63, 3.8) is 0 Å². The quantitative estimate of drug-likeness (QED) is 0.331. The van der Waals surface area contributed by atoms with Crippen LogP contribution in [0.5, 0.6) is 0 Å². The summed E-state index contributed by atoms with van der Waals surface area (Å²) in [5, 5.41) is 0. The second-order valence-corrected chi connectivity index (χ2v) is 3.63. The topological polar surface area (TPSA) is 32.8 Å². The molecule has 0 spiro atoms. The molecule has 3 nitrogen and oxygen atoms in total. The van der Waals surface area contributed by atoms with E-state index in [0.717, 1.165) is 25.6 Å². The lowest BCUT2D eigenvalue weighted by Crippen LogP contribution is -2.45. The minimum absolute atomic E-state index is 0.438. The lowest BCUT2D eigenvalue weighted by molar-refractivity contribution is 0.280. The molecular weight excluding hydrogens is 153 g/mol. The van der Waals surface area contributed by atoms with Crippen molar-refractivity contribution in [1.82, 2.24) is 4.81 Å². The van der Waals surface area contributed by atoms with Crippen LogP contribution in [0.1, 0.15) is 19.8 Å². The minimum Gasteiger partial charge on any atom is -0.368 e. The number of epoxide rings is 1. The SMILES string of the molecule is CC[C@@H]1C[C@@H]2O[C@@H]2CN1BC=O. The van der Waals surface area contributed by atoms with Gasteiger partial charge in [0.15, 0.2) is 0 Å². The Hall–Kier alpha value is -0.345. The molecule has 2 rings (SSSR count).